The van der Waals surface area contributed by atoms with Crippen LogP contribution in [0.25, 0.3) is 16.7 Å². The van der Waals surface area contributed by atoms with Gasteiger partial charge in [0.15, 0.2) is 0 Å². The molecule has 0 atom stereocenters. The van der Waals surface area contributed by atoms with Crippen LogP contribution in [0.1, 0.15) is 35.5 Å². The maximum absolute atomic E-state index is 13.8. The summed E-state index contributed by atoms with van der Waals surface area (Å²) in [5.41, 5.74) is 9.49. The number of imidazole rings is 1. The van der Waals surface area contributed by atoms with E-state index < -0.39 is 11.7 Å². The average molecular weight is 329 g/mol. The third kappa shape index (κ3) is 1.91. The van der Waals surface area contributed by atoms with Gasteiger partial charge < -0.3 is 15.6 Å². The largest absolute Gasteiger partial charge is 0.366 e. The summed E-state index contributed by atoms with van der Waals surface area (Å²) in [6.45, 7) is 9.25. The van der Waals surface area contributed by atoms with Gasteiger partial charge in [0.1, 0.15) is 17.0 Å². The van der Waals surface area contributed by atoms with Gasteiger partial charge in [0, 0.05) is 24.1 Å². The molecular weight excluding hydrogens is 309 g/mol. The second-order valence-electron chi connectivity index (χ2n) is 6.92. The number of halogens is 1. The van der Waals surface area contributed by atoms with Crippen LogP contribution in [0.3, 0.4) is 0 Å². The van der Waals surface area contributed by atoms with E-state index in [0.717, 1.165) is 36.5 Å². The van der Waals surface area contributed by atoms with Gasteiger partial charge in [-0.1, -0.05) is 13.8 Å². The van der Waals surface area contributed by atoms with E-state index in [1.807, 2.05) is 6.92 Å². The number of nitrogens with two attached hydrogens (primary N) is 1. The number of carbonyl (C=O) groups is 1. The topological polar surface area (TPSA) is 79.4 Å². The number of nitrogens with one attached hydrogen (secondary N) is 1. The maximum Gasteiger partial charge on any atom is 0.251 e. The first-order valence-corrected chi connectivity index (χ1v) is 8.07. The van der Waals surface area contributed by atoms with Gasteiger partial charge in [0.2, 0.25) is 0 Å². The van der Waals surface area contributed by atoms with Crippen LogP contribution in [0, 0.1) is 12.7 Å². The zero-order valence-corrected chi connectivity index (χ0v) is 14.0. The molecule has 1 fully saturated rings. The Hall–Kier alpha value is -2.41. The maximum atomic E-state index is 13.8. The first kappa shape index (κ1) is 15.1. The molecule has 1 saturated heterocycles. The van der Waals surface area contributed by atoms with E-state index in [-0.39, 0.29) is 11.0 Å². The molecule has 3 heterocycles. The van der Waals surface area contributed by atoms with E-state index in [4.69, 9.17) is 5.73 Å². The molecule has 1 amide bonds. The number of hydrogen-bond acceptors (Lipinski definition) is 3. The van der Waals surface area contributed by atoms with Crippen LogP contribution in [0.5, 0.6) is 0 Å². The number of amides is 1. The molecule has 126 valence electrons. The number of carbonyl (C=O) groups excluding carboxylic acids is 1. The lowest BCUT2D eigenvalue weighted by Crippen LogP contribution is -2.57. The molecule has 6 nitrogen and oxygen atoms in total. The highest BCUT2D eigenvalue weighted by atomic mass is 19.1. The molecule has 24 heavy (non-hydrogen) atoms. The van der Waals surface area contributed by atoms with Crippen molar-refractivity contribution in [2.45, 2.75) is 26.2 Å². The Kier molecular flexibility index (Phi) is 3.02. The van der Waals surface area contributed by atoms with Crippen molar-refractivity contribution in [3.05, 3.63) is 34.8 Å². The monoisotopic (exact) mass is 329 g/mol. The molecule has 1 aromatic carbocycles. The predicted molar refractivity (Wildman–Crippen MR) is 89.7 cm³/mol. The molecule has 3 N–H and O–H groups in total. The zero-order chi connectivity index (χ0) is 17.2. The Morgan fingerprint density at radius 3 is 2.79 bits per heavy atom. The number of benzene rings is 1. The van der Waals surface area contributed by atoms with E-state index in [1.165, 1.54) is 12.1 Å². The van der Waals surface area contributed by atoms with E-state index >= 15 is 0 Å². The number of likely N-dealkylation sites (tertiary alicyclic amines) is 1. The lowest BCUT2D eigenvalue weighted by molar-refractivity contribution is 0.0849. The van der Waals surface area contributed by atoms with Gasteiger partial charge in [-0.2, -0.15) is 5.10 Å². The Labute approximate surface area is 138 Å². The summed E-state index contributed by atoms with van der Waals surface area (Å²) >= 11 is 0. The molecule has 0 saturated carbocycles. The zero-order valence-electron chi connectivity index (χ0n) is 14.0. The Bertz CT molecular complexity index is 980. The van der Waals surface area contributed by atoms with E-state index in [2.05, 4.69) is 28.8 Å². The summed E-state index contributed by atoms with van der Waals surface area (Å²) in [6.07, 6.45) is 0. The number of H-pyrrole nitrogens is 1. The molecular formula is C17H20FN5O. The van der Waals surface area contributed by atoms with E-state index in [1.54, 1.807) is 4.52 Å². The minimum absolute atomic E-state index is 0.00580. The normalized spacial score (nSPS) is 17.5. The molecule has 4 rings (SSSR count). The SMILES string of the molecule is CCN1CC(C)(c2c(C)nn3c2[nH]c2cc(F)cc(C(N)=O)c23)C1. The van der Waals surface area contributed by atoms with E-state index in [0.29, 0.717) is 11.0 Å². The second kappa shape index (κ2) is 4.80. The molecule has 1 aliphatic rings. The van der Waals surface area contributed by atoms with Crippen molar-refractivity contribution in [2.24, 2.45) is 5.73 Å². The molecule has 0 unspecified atom stereocenters. The molecule has 7 heteroatoms. The van der Waals surface area contributed by atoms with Crippen molar-refractivity contribution in [3.8, 4) is 0 Å². The fourth-order valence-corrected chi connectivity index (χ4v) is 4.09. The van der Waals surface area contributed by atoms with Crippen molar-refractivity contribution in [1.82, 2.24) is 19.5 Å². The number of hydrogen-bond donors (Lipinski definition) is 2. The van der Waals surface area contributed by atoms with Gasteiger partial charge in [0.05, 0.1) is 16.8 Å². The van der Waals surface area contributed by atoms with Crippen molar-refractivity contribution in [2.75, 3.05) is 19.6 Å². The standard InChI is InChI=1S/C17H20FN5O/c1-4-22-7-17(3,8-22)13-9(2)21-23-14-11(15(19)24)5-10(18)6-12(14)20-16(13)23/h5-6,20H,4,7-8H2,1-3H3,(H2,19,24). The van der Waals surface area contributed by atoms with Crippen molar-refractivity contribution in [1.29, 1.82) is 0 Å². The molecule has 0 radical (unpaired) electrons. The first-order valence-electron chi connectivity index (χ1n) is 8.07. The summed E-state index contributed by atoms with van der Waals surface area (Å²) in [5.74, 6) is -1.16. The molecule has 0 spiro atoms. The number of fused-ring (bicyclic) bond motifs is 3. The van der Waals surface area contributed by atoms with Gasteiger partial charge in [-0.05, 0) is 25.6 Å². The second-order valence-corrected chi connectivity index (χ2v) is 6.92. The van der Waals surface area contributed by atoms with Crippen LogP contribution < -0.4 is 5.73 Å². The van der Waals surface area contributed by atoms with Crippen molar-refractivity contribution in [3.63, 3.8) is 0 Å². The summed E-state index contributed by atoms with van der Waals surface area (Å²) in [6, 6.07) is 2.54. The van der Waals surface area contributed by atoms with Gasteiger partial charge in [-0.15, -0.1) is 0 Å². The number of aromatic nitrogens is 3. The molecule has 3 aromatic rings. The van der Waals surface area contributed by atoms with Gasteiger partial charge in [-0.3, -0.25) is 4.79 Å². The fraction of sp³-hybridized carbons (Fsp3) is 0.412. The third-order valence-electron chi connectivity index (χ3n) is 5.06. The summed E-state index contributed by atoms with van der Waals surface area (Å²) < 4.78 is 15.5. The number of primary amides is 1. The minimum atomic E-state index is -0.665. The lowest BCUT2D eigenvalue weighted by Gasteiger charge is -2.47. The first-order chi connectivity index (χ1) is 11.3. The van der Waals surface area contributed by atoms with Crippen molar-refractivity contribution < 1.29 is 9.18 Å². The molecule has 1 aliphatic heterocycles. The van der Waals surface area contributed by atoms with Crippen LogP contribution in [0.4, 0.5) is 4.39 Å². The smallest absolute Gasteiger partial charge is 0.251 e. The molecule has 2 aromatic heterocycles. The highest BCUT2D eigenvalue weighted by molar-refractivity contribution is 6.05. The number of likely N-dealkylation sites (N-methyl/N-ethyl adjacent to an activating group) is 1. The number of rotatable bonds is 3. The Balaban J connectivity index is 2.00. The summed E-state index contributed by atoms with van der Waals surface area (Å²) in [7, 11) is 0. The minimum Gasteiger partial charge on any atom is -0.366 e. The Morgan fingerprint density at radius 1 is 1.46 bits per heavy atom. The van der Waals surface area contributed by atoms with Gasteiger partial charge in [-0.25, -0.2) is 8.91 Å². The quantitative estimate of drug-likeness (QED) is 0.771. The fourth-order valence-electron chi connectivity index (χ4n) is 4.09. The highest BCUT2D eigenvalue weighted by Crippen LogP contribution is 2.39. The third-order valence-corrected chi connectivity index (χ3v) is 5.06. The predicted octanol–water partition coefficient (Wildman–Crippen LogP) is 1.96. The number of aromatic amines is 1. The Morgan fingerprint density at radius 2 is 2.17 bits per heavy atom. The summed E-state index contributed by atoms with van der Waals surface area (Å²) in [5, 5.41) is 4.61. The van der Waals surface area contributed by atoms with Crippen LogP contribution in [-0.2, 0) is 5.41 Å². The van der Waals surface area contributed by atoms with Gasteiger partial charge in [0.25, 0.3) is 5.91 Å². The molecule has 0 bridgehead atoms. The van der Waals surface area contributed by atoms with Crippen LogP contribution in [0.15, 0.2) is 12.1 Å². The van der Waals surface area contributed by atoms with Crippen LogP contribution >= 0.6 is 0 Å². The average Bonchev–Trinajstić information content (AvgIpc) is 2.96. The lowest BCUT2D eigenvalue weighted by atomic mass is 9.75. The molecule has 0 aliphatic carbocycles. The number of aryl methyl sites for hydroxylation is 1. The highest BCUT2D eigenvalue weighted by Gasteiger charge is 2.43. The van der Waals surface area contributed by atoms with Gasteiger partial charge >= 0.3 is 0 Å². The van der Waals surface area contributed by atoms with E-state index in [9.17, 15) is 9.18 Å². The number of nitrogens with zero attached hydrogens (tertiary/aromatic N) is 3. The van der Waals surface area contributed by atoms with Crippen molar-refractivity contribution >= 4 is 22.6 Å². The summed E-state index contributed by atoms with van der Waals surface area (Å²) in [4.78, 5) is 17.3. The van der Waals surface area contributed by atoms with Crippen LogP contribution in [-0.4, -0.2) is 45.0 Å². The van der Waals surface area contributed by atoms with Crippen LogP contribution in [0.2, 0.25) is 0 Å².